The van der Waals surface area contributed by atoms with Crippen LogP contribution in [0.5, 0.6) is 0 Å². The summed E-state index contributed by atoms with van der Waals surface area (Å²) in [4.78, 5) is 24.8. The highest BCUT2D eigenvalue weighted by Crippen LogP contribution is 2.23. The molecule has 1 heterocycles. The lowest BCUT2D eigenvalue weighted by atomic mass is 10.1. The summed E-state index contributed by atoms with van der Waals surface area (Å²) in [6.07, 6.45) is 0. The molecule has 0 unspecified atom stereocenters. The van der Waals surface area contributed by atoms with E-state index in [2.05, 4.69) is 20.8 Å². The Morgan fingerprint density at radius 2 is 1.84 bits per heavy atom. The number of carbonyl (C=O) groups excluding carboxylic acids is 2. The van der Waals surface area contributed by atoms with Crippen LogP contribution in [0.3, 0.4) is 0 Å². The summed E-state index contributed by atoms with van der Waals surface area (Å²) in [6, 6.07) is 14.1. The van der Waals surface area contributed by atoms with Gasteiger partial charge in [0, 0.05) is 12.1 Å². The van der Waals surface area contributed by atoms with E-state index in [0.29, 0.717) is 33.8 Å². The van der Waals surface area contributed by atoms with Crippen molar-refractivity contribution in [3.05, 3.63) is 70.5 Å². The summed E-state index contributed by atoms with van der Waals surface area (Å²) in [5.74, 6) is 0.433. The van der Waals surface area contributed by atoms with Gasteiger partial charge in [0.2, 0.25) is 5.91 Å². The molecule has 0 radical (unpaired) electrons. The van der Waals surface area contributed by atoms with Crippen molar-refractivity contribution in [2.45, 2.75) is 38.5 Å². The fourth-order valence-electron chi connectivity index (χ4n) is 2.95. The molecule has 0 aliphatic rings. The highest BCUT2D eigenvalue weighted by atomic mass is 35.5. The van der Waals surface area contributed by atoms with Gasteiger partial charge < -0.3 is 15.2 Å². The van der Waals surface area contributed by atoms with Crippen molar-refractivity contribution in [1.29, 1.82) is 0 Å². The molecule has 0 fully saturated rings. The Balaban J connectivity index is 1.63. The van der Waals surface area contributed by atoms with E-state index in [1.807, 2.05) is 37.5 Å². The first-order valence-corrected chi connectivity index (χ1v) is 11.2. The number of benzene rings is 2. The van der Waals surface area contributed by atoms with Crippen LogP contribution in [0.1, 0.15) is 41.6 Å². The van der Waals surface area contributed by atoms with Crippen LogP contribution in [0.4, 0.5) is 5.69 Å². The number of aromatic nitrogens is 3. The molecule has 2 N–H and O–H groups in total. The highest BCUT2D eigenvalue weighted by molar-refractivity contribution is 7.99. The van der Waals surface area contributed by atoms with Crippen molar-refractivity contribution >= 4 is 40.9 Å². The standard InChI is InChI=1S/C22H24ClN5O2S/c1-4-28-20(15(3)24-21(30)16-11-9-14(2)10-12-16)26-27-22(28)31-13-19(29)25-18-8-6-5-7-17(18)23/h5-12,15H,4,13H2,1-3H3,(H,24,30)(H,25,29)/t15-/m1/s1. The molecule has 0 aliphatic carbocycles. The molecule has 0 aliphatic heterocycles. The van der Waals surface area contributed by atoms with Gasteiger partial charge in [-0.15, -0.1) is 10.2 Å². The maximum absolute atomic E-state index is 12.5. The van der Waals surface area contributed by atoms with Crippen LogP contribution < -0.4 is 10.6 Å². The quantitative estimate of drug-likeness (QED) is 0.487. The molecule has 1 atom stereocenters. The number of thioether (sulfide) groups is 1. The van der Waals surface area contributed by atoms with Gasteiger partial charge in [0.1, 0.15) is 0 Å². The van der Waals surface area contributed by atoms with E-state index < -0.39 is 0 Å². The number of amides is 2. The molecule has 2 amide bonds. The lowest BCUT2D eigenvalue weighted by Gasteiger charge is -2.15. The van der Waals surface area contributed by atoms with E-state index in [-0.39, 0.29) is 23.6 Å². The zero-order chi connectivity index (χ0) is 22.4. The normalized spacial score (nSPS) is 11.7. The van der Waals surface area contributed by atoms with Gasteiger partial charge in [-0.3, -0.25) is 9.59 Å². The van der Waals surface area contributed by atoms with Crippen molar-refractivity contribution in [3.63, 3.8) is 0 Å². The number of aryl methyl sites for hydroxylation is 1. The highest BCUT2D eigenvalue weighted by Gasteiger charge is 2.20. The van der Waals surface area contributed by atoms with Crippen LogP contribution in [0.25, 0.3) is 0 Å². The second kappa shape index (κ2) is 10.5. The third-order valence-electron chi connectivity index (χ3n) is 4.59. The molecule has 1 aromatic heterocycles. The Bertz CT molecular complexity index is 1070. The van der Waals surface area contributed by atoms with Gasteiger partial charge >= 0.3 is 0 Å². The van der Waals surface area contributed by atoms with Gasteiger partial charge in [-0.1, -0.05) is 53.2 Å². The second-order valence-corrected chi connectivity index (χ2v) is 8.31. The number of hydrogen-bond acceptors (Lipinski definition) is 5. The Kier molecular flexibility index (Phi) is 7.70. The van der Waals surface area contributed by atoms with Crippen LogP contribution >= 0.6 is 23.4 Å². The molecule has 0 saturated heterocycles. The Morgan fingerprint density at radius 1 is 1.13 bits per heavy atom. The maximum Gasteiger partial charge on any atom is 0.251 e. The van der Waals surface area contributed by atoms with Gasteiger partial charge in [0.25, 0.3) is 5.91 Å². The van der Waals surface area contributed by atoms with E-state index in [4.69, 9.17) is 11.6 Å². The predicted octanol–water partition coefficient (Wildman–Crippen LogP) is 4.48. The van der Waals surface area contributed by atoms with E-state index in [9.17, 15) is 9.59 Å². The molecule has 31 heavy (non-hydrogen) atoms. The monoisotopic (exact) mass is 457 g/mol. The number of nitrogens with zero attached hydrogens (tertiary/aromatic N) is 3. The average Bonchev–Trinajstić information content (AvgIpc) is 3.17. The minimum absolute atomic E-state index is 0.160. The summed E-state index contributed by atoms with van der Waals surface area (Å²) in [6.45, 7) is 6.42. The number of rotatable bonds is 8. The first-order chi connectivity index (χ1) is 14.9. The van der Waals surface area contributed by atoms with Gasteiger partial charge in [-0.2, -0.15) is 0 Å². The molecule has 162 valence electrons. The van der Waals surface area contributed by atoms with Gasteiger partial charge in [0.15, 0.2) is 11.0 Å². The zero-order valence-electron chi connectivity index (χ0n) is 17.6. The Morgan fingerprint density at radius 3 is 2.52 bits per heavy atom. The van der Waals surface area contributed by atoms with E-state index >= 15 is 0 Å². The number of hydrogen-bond donors (Lipinski definition) is 2. The molecule has 9 heteroatoms. The SMILES string of the molecule is CCn1c(SCC(=O)Nc2ccccc2Cl)nnc1[C@@H](C)NC(=O)c1ccc(C)cc1. The van der Waals surface area contributed by atoms with Crippen LogP contribution in [0.15, 0.2) is 53.7 Å². The summed E-state index contributed by atoms with van der Waals surface area (Å²) in [7, 11) is 0. The summed E-state index contributed by atoms with van der Waals surface area (Å²) in [5.41, 5.74) is 2.25. The zero-order valence-corrected chi connectivity index (χ0v) is 19.1. The smallest absolute Gasteiger partial charge is 0.251 e. The number of carbonyl (C=O) groups is 2. The molecule has 0 spiro atoms. The van der Waals surface area contributed by atoms with Crippen molar-refractivity contribution in [3.8, 4) is 0 Å². The molecular weight excluding hydrogens is 434 g/mol. The van der Waals surface area contributed by atoms with Crippen molar-refractivity contribution in [2.75, 3.05) is 11.1 Å². The first-order valence-electron chi connectivity index (χ1n) is 9.86. The number of anilines is 1. The topological polar surface area (TPSA) is 88.9 Å². The third kappa shape index (κ3) is 5.86. The molecule has 0 bridgehead atoms. The number of para-hydroxylation sites is 1. The summed E-state index contributed by atoms with van der Waals surface area (Å²) in [5, 5.41) is 15.3. The van der Waals surface area contributed by atoms with Crippen LogP contribution in [0, 0.1) is 6.92 Å². The summed E-state index contributed by atoms with van der Waals surface area (Å²) >= 11 is 7.36. The van der Waals surface area contributed by atoms with E-state index in [0.717, 1.165) is 5.56 Å². The van der Waals surface area contributed by atoms with E-state index in [1.165, 1.54) is 11.8 Å². The predicted molar refractivity (Wildman–Crippen MR) is 124 cm³/mol. The fourth-order valence-corrected chi connectivity index (χ4v) is 3.95. The minimum Gasteiger partial charge on any atom is -0.342 e. The van der Waals surface area contributed by atoms with Gasteiger partial charge in [-0.25, -0.2) is 0 Å². The number of halogens is 1. The van der Waals surface area contributed by atoms with Crippen LogP contribution in [-0.4, -0.2) is 32.3 Å². The Hall–Kier alpha value is -2.84. The van der Waals surface area contributed by atoms with Crippen LogP contribution in [0.2, 0.25) is 5.02 Å². The van der Waals surface area contributed by atoms with Crippen molar-refractivity contribution in [2.24, 2.45) is 0 Å². The Labute approximate surface area is 190 Å². The second-order valence-electron chi connectivity index (χ2n) is 6.96. The van der Waals surface area contributed by atoms with Gasteiger partial charge in [0.05, 0.1) is 22.5 Å². The number of nitrogens with one attached hydrogen (secondary N) is 2. The van der Waals surface area contributed by atoms with Crippen molar-refractivity contribution < 1.29 is 9.59 Å². The maximum atomic E-state index is 12.5. The first kappa shape index (κ1) is 22.8. The average molecular weight is 458 g/mol. The molecule has 7 nitrogen and oxygen atoms in total. The molecule has 3 rings (SSSR count). The fraction of sp³-hybridized carbons (Fsp3) is 0.273. The minimum atomic E-state index is -0.340. The third-order valence-corrected chi connectivity index (χ3v) is 5.89. The summed E-state index contributed by atoms with van der Waals surface area (Å²) < 4.78 is 1.90. The van der Waals surface area contributed by atoms with Crippen molar-refractivity contribution in [1.82, 2.24) is 20.1 Å². The van der Waals surface area contributed by atoms with E-state index in [1.54, 1.807) is 36.4 Å². The lowest BCUT2D eigenvalue weighted by Crippen LogP contribution is -2.28. The lowest BCUT2D eigenvalue weighted by molar-refractivity contribution is -0.113. The van der Waals surface area contributed by atoms with Crippen LogP contribution in [-0.2, 0) is 11.3 Å². The largest absolute Gasteiger partial charge is 0.342 e. The molecular formula is C22H24ClN5O2S. The van der Waals surface area contributed by atoms with Gasteiger partial charge in [-0.05, 0) is 45.0 Å². The molecule has 3 aromatic rings. The molecule has 0 saturated carbocycles. The molecule has 2 aromatic carbocycles.